The van der Waals surface area contributed by atoms with Crippen molar-refractivity contribution in [2.24, 2.45) is 0 Å². The number of hydrogen-bond acceptors (Lipinski definition) is 7. The number of aliphatic hydroxyl groups is 1. The van der Waals surface area contributed by atoms with Gasteiger partial charge in [-0.1, -0.05) is 42.8 Å². The first-order valence-corrected chi connectivity index (χ1v) is 12.5. The van der Waals surface area contributed by atoms with E-state index in [1.54, 1.807) is 24.3 Å². The van der Waals surface area contributed by atoms with Gasteiger partial charge in [-0.2, -0.15) is 5.26 Å². The molecule has 9 heteroatoms. The molecule has 0 amide bonds. The Morgan fingerprint density at radius 1 is 1.14 bits per heavy atom. The minimum absolute atomic E-state index is 0.158. The van der Waals surface area contributed by atoms with Gasteiger partial charge in [0.15, 0.2) is 0 Å². The van der Waals surface area contributed by atoms with E-state index in [-0.39, 0.29) is 24.8 Å². The normalized spacial score (nSPS) is 23.8. The van der Waals surface area contributed by atoms with Crippen LogP contribution in [-0.2, 0) is 15.9 Å². The average Bonchev–Trinajstić information content (AvgIpc) is 3.47. The molecule has 8 nitrogen and oxygen atoms in total. The van der Waals surface area contributed by atoms with E-state index in [0.717, 1.165) is 0 Å². The third-order valence-electron chi connectivity index (χ3n) is 7.68. The van der Waals surface area contributed by atoms with Gasteiger partial charge < -0.3 is 24.8 Å². The van der Waals surface area contributed by atoms with E-state index < -0.39 is 17.3 Å². The average molecular weight is 518 g/mol. The fourth-order valence-corrected chi connectivity index (χ4v) is 6.13. The Morgan fingerprint density at radius 3 is 2.59 bits per heavy atom. The number of aromatic hydroxyl groups is 2. The van der Waals surface area contributed by atoms with E-state index in [9.17, 15) is 20.6 Å². The van der Waals surface area contributed by atoms with Crippen LogP contribution in [0.5, 0.6) is 17.6 Å². The van der Waals surface area contributed by atoms with Crippen molar-refractivity contribution in [2.75, 3.05) is 6.61 Å². The summed E-state index contributed by atoms with van der Waals surface area (Å²) in [6.45, 7) is 2.08. The maximum Gasteiger partial charge on any atom is 0.213 e. The fraction of sp³-hybridized carbons (Fsp3) is 0.286. The monoisotopic (exact) mass is 517 g/mol. The van der Waals surface area contributed by atoms with Crippen molar-refractivity contribution in [3.8, 4) is 29.4 Å². The number of aliphatic hydroxyl groups excluding tert-OH is 1. The third kappa shape index (κ3) is 3.25. The third-order valence-corrected chi connectivity index (χ3v) is 7.91. The molecular formula is C28H24ClN3O5. The molecule has 3 N–H and O–H groups in total. The van der Waals surface area contributed by atoms with Crippen LogP contribution in [0.2, 0.25) is 5.02 Å². The van der Waals surface area contributed by atoms with E-state index in [1.807, 2.05) is 31.2 Å². The molecule has 0 saturated carbocycles. The van der Waals surface area contributed by atoms with Gasteiger partial charge in [0.2, 0.25) is 17.6 Å². The Morgan fingerprint density at radius 2 is 1.89 bits per heavy atom. The van der Waals surface area contributed by atoms with Crippen molar-refractivity contribution < 1.29 is 24.8 Å². The second-order valence-electron chi connectivity index (χ2n) is 9.49. The summed E-state index contributed by atoms with van der Waals surface area (Å²) < 4.78 is 13.7. The molecule has 0 radical (unpaired) electrons. The van der Waals surface area contributed by atoms with Crippen LogP contribution in [0.1, 0.15) is 42.9 Å². The molecule has 0 unspecified atom stereocenters. The number of benzene rings is 2. The van der Waals surface area contributed by atoms with Crippen molar-refractivity contribution in [1.29, 1.82) is 5.26 Å². The van der Waals surface area contributed by atoms with E-state index in [2.05, 4.69) is 11.1 Å². The molecule has 1 fully saturated rings. The first kappa shape index (κ1) is 23.6. The SMILES string of the molecule is CC[C@]12O[C@](CCOc3ccc(Cl)cn3)(C[C@@H]1O)c1c2c(O)n(-c2ccc(C#N)c3ccccc23)c1O. The summed E-state index contributed by atoms with van der Waals surface area (Å²) in [7, 11) is 0. The van der Waals surface area contributed by atoms with Crippen LogP contribution in [0.15, 0.2) is 54.7 Å². The summed E-state index contributed by atoms with van der Waals surface area (Å²) in [5, 5.41) is 45.8. The molecule has 3 atom stereocenters. The summed E-state index contributed by atoms with van der Waals surface area (Å²) in [5.74, 6) is 0.0485. The zero-order chi connectivity index (χ0) is 25.9. The number of rotatable bonds is 6. The molecule has 2 aromatic heterocycles. The number of ether oxygens (including phenoxy) is 2. The molecule has 0 spiro atoms. The zero-order valence-electron chi connectivity index (χ0n) is 20.0. The van der Waals surface area contributed by atoms with Gasteiger partial charge in [-0.15, -0.1) is 0 Å². The Kier molecular flexibility index (Phi) is 5.35. The van der Waals surface area contributed by atoms with E-state index >= 15 is 0 Å². The molecular weight excluding hydrogens is 494 g/mol. The largest absolute Gasteiger partial charge is 0.494 e. The van der Waals surface area contributed by atoms with Crippen LogP contribution in [0.3, 0.4) is 0 Å². The lowest BCUT2D eigenvalue weighted by Crippen LogP contribution is -2.35. The van der Waals surface area contributed by atoms with Crippen LogP contribution in [0.4, 0.5) is 0 Å². The van der Waals surface area contributed by atoms with Gasteiger partial charge >= 0.3 is 0 Å². The smallest absolute Gasteiger partial charge is 0.213 e. The summed E-state index contributed by atoms with van der Waals surface area (Å²) >= 11 is 5.91. The predicted octanol–water partition coefficient (Wildman–Crippen LogP) is 5.03. The van der Waals surface area contributed by atoms with E-state index in [0.29, 0.717) is 56.9 Å². The minimum atomic E-state index is -1.16. The van der Waals surface area contributed by atoms with Gasteiger partial charge in [0.05, 0.1) is 46.2 Å². The van der Waals surface area contributed by atoms with Crippen molar-refractivity contribution >= 4 is 22.4 Å². The van der Waals surface area contributed by atoms with Crippen molar-refractivity contribution in [1.82, 2.24) is 9.55 Å². The van der Waals surface area contributed by atoms with Gasteiger partial charge in [0.1, 0.15) is 11.2 Å². The molecule has 2 bridgehead atoms. The van der Waals surface area contributed by atoms with Crippen LogP contribution < -0.4 is 4.74 Å². The molecule has 2 aliphatic heterocycles. The number of fused-ring (bicyclic) bond motifs is 6. The molecule has 4 aromatic rings. The lowest BCUT2D eigenvalue weighted by atomic mass is 9.74. The Labute approximate surface area is 217 Å². The van der Waals surface area contributed by atoms with Crippen LogP contribution in [0, 0.1) is 11.3 Å². The first-order chi connectivity index (χ1) is 17.8. The van der Waals surface area contributed by atoms with Crippen molar-refractivity contribution in [3.05, 3.63) is 76.4 Å². The predicted molar refractivity (Wildman–Crippen MR) is 136 cm³/mol. The molecule has 37 heavy (non-hydrogen) atoms. The number of aromatic nitrogens is 2. The highest BCUT2D eigenvalue weighted by Crippen LogP contribution is 2.66. The Bertz CT molecular complexity index is 1580. The second kappa shape index (κ2) is 8.38. The molecule has 2 aliphatic rings. The highest BCUT2D eigenvalue weighted by Gasteiger charge is 2.67. The molecule has 188 valence electrons. The van der Waals surface area contributed by atoms with Gasteiger partial charge in [-0.05, 0) is 24.6 Å². The standard InChI is InChI=1S/C28H24ClN3O5/c1-2-28-21(33)13-27(37-28,11-12-36-22-10-8-17(29)15-31-22)23-24(28)26(35)32(25(23)34)20-9-7-16(14-30)18-5-3-4-6-19(18)20/h3-10,15,21,33-35H,2,11-13H2,1H3/t21-,27+,28-/m0/s1. The highest BCUT2D eigenvalue weighted by molar-refractivity contribution is 6.30. The summed E-state index contributed by atoms with van der Waals surface area (Å²) in [6.07, 6.45) is 1.57. The highest BCUT2D eigenvalue weighted by atomic mass is 35.5. The fourth-order valence-electron chi connectivity index (χ4n) is 6.02. The summed E-state index contributed by atoms with van der Waals surface area (Å²) in [5.41, 5.74) is -0.361. The van der Waals surface area contributed by atoms with Crippen LogP contribution in [-0.4, -0.2) is 37.6 Å². The van der Waals surface area contributed by atoms with Gasteiger partial charge in [-0.25, -0.2) is 4.98 Å². The van der Waals surface area contributed by atoms with Gasteiger partial charge in [-0.3, -0.25) is 4.57 Å². The summed E-state index contributed by atoms with van der Waals surface area (Å²) in [6, 6.07) is 16.3. The Balaban J connectivity index is 1.47. The number of halogens is 1. The maximum absolute atomic E-state index is 11.6. The van der Waals surface area contributed by atoms with Crippen LogP contribution in [0.25, 0.3) is 16.5 Å². The molecule has 6 rings (SSSR count). The van der Waals surface area contributed by atoms with Crippen LogP contribution >= 0.6 is 11.6 Å². The van der Waals surface area contributed by atoms with Crippen molar-refractivity contribution in [3.63, 3.8) is 0 Å². The number of nitrogens with zero attached hydrogens (tertiary/aromatic N) is 3. The number of hydrogen-bond donors (Lipinski definition) is 3. The van der Waals surface area contributed by atoms with Gasteiger partial charge in [0, 0.05) is 35.9 Å². The van der Waals surface area contributed by atoms with E-state index in [4.69, 9.17) is 21.1 Å². The molecule has 1 saturated heterocycles. The number of nitriles is 1. The maximum atomic E-state index is 11.6. The lowest BCUT2D eigenvalue weighted by molar-refractivity contribution is -0.120. The molecule has 0 aliphatic carbocycles. The second-order valence-corrected chi connectivity index (χ2v) is 9.93. The first-order valence-electron chi connectivity index (χ1n) is 12.1. The Hall–Kier alpha value is -3.77. The van der Waals surface area contributed by atoms with E-state index in [1.165, 1.54) is 10.8 Å². The lowest BCUT2D eigenvalue weighted by Gasteiger charge is -2.28. The van der Waals surface area contributed by atoms with Crippen molar-refractivity contribution in [2.45, 2.75) is 43.5 Å². The topological polar surface area (TPSA) is 121 Å². The summed E-state index contributed by atoms with van der Waals surface area (Å²) in [4.78, 5) is 4.15. The minimum Gasteiger partial charge on any atom is -0.494 e. The van der Waals surface area contributed by atoms with Gasteiger partial charge in [0.25, 0.3) is 0 Å². The molecule has 4 heterocycles. The quantitative estimate of drug-likeness (QED) is 0.328. The zero-order valence-corrected chi connectivity index (χ0v) is 20.7. The molecule has 2 aromatic carbocycles. The number of pyridine rings is 1.